The SMILES string of the molecule is COc1ccc(CNC(C)C)cc1COC1CCCC1. The molecule has 0 saturated heterocycles. The van der Waals surface area contributed by atoms with Crippen molar-refractivity contribution in [2.45, 2.75) is 64.8 Å². The summed E-state index contributed by atoms with van der Waals surface area (Å²) in [6.07, 6.45) is 5.46. The lowest BCUT2D eigenvalue weighted by molar-refractivity contribution is 0.0446. The van der Waals surface area contributed by atoms with E-state index in [-0.39, 0.29) is 0 Å². The van der Waals surface area contributed by atoms with E-state index in [4.69, 9.17) is 9.47 Å². The van der Waals surface area contributed by atoms with E-state index in [2.05, 4.69) is 31.3 Å². The molecule has 0 aliphatic heterocycles. The van der Waals surface area contributed by atoms with Crippen LogP contribution in [0.5, 0.6) is 5.75 Å². The first-order valence-corrected chi connectivity index (χ1v) is 7.70. The van der Waals surface area contributed by atoms with Crippen molar-refractivity contribution < 1.29 is 9.47 Å². The van der Waals surface area contributed by atoms with Gasteiger partial charge in [-0.15, -0.1) is 0 Å². The normalized spacial score (nSPS) is 16.0. The Labute approximate surface area is 122 Å². The van der Waals surface area contributed by atoms with Crippen LogP contribution in [0.25, 0.3) is 0 Å². The highest BCUT2D eigenvalue weighted by molar-refractivity contribution is 5.37. The minimum atomic E-state index is 0.442. The van der Waals surface area contributed by atoms with E-state index in [1.54, 1.807) is 7.11 Å². The lowest BCUT2D eigenvalue weighted by Gasteiger charge is -2.15. The molecule has 0 unspecified atom stereocenters. The van der Waals surface area contributed by atoms with Crippen molar-refractivity contribution in [3.63, 3.8) is 0 Å². The van der Waals surface area contributed by atoms with Crippen molar-refractivity contribution in [3.05, 3.63) is 29.3 Å². The fourth-order valence-electron chi connectivity index (χ4n) is 2.64. The standard InChI is InChI=1S/C17H27NO2/c1-13(2)18-11-14-8-9-17(19-3)15(10-14)12-20-16-6-4-5-7-16/h8-10,13,16,18H,4-7,11-12H2,1-3H3. The van der Waals surface area contributed by atoms with Gasteiger partial charge in [0, 0.05) is 18.2 Å². The van der Waals surface area contributed by atoms with E-state index in [0.29, 0.717) is 18.8 Å². The summed E-state index contributed by atoms with van der Waals surface area (Å²) in [5, 5.41) is 3.44. The second kappa shape index (κ2) is 7.65. The van der Waals surface area contributed by atoms with Crippen LogP contribution in [0.3, 0.4) is 0 Å². The Bertz CT molecular complexity index is 411. The highest BCUT2D eigenvalue weighted by Gasteiger charge is 2.16. The molecule has 3 nitrogen and oxygen atoms in total. The molecule has 1 aliphatic rings. The molecule has 0 heterocycles. The molecule has 112 valence electrons. The van der Waals surface area contributed by atoms with Gasteiger partial charge in [0.05, 0.1) is 19.8 Å². The molecule has 0 radical (unpaired) electrons. The fraction of sp³-hybridized carbons (Fsp3) is 0.647. The van der Waals surface area contributed by atoms with E-state index in [9.17, 15) is 0 Å². The zero-order chi connectivity index (χ0) is 14.4. The highest BCUT2D eigenvalue weighted by atomic mass is 16.5. The number of benzene rings is 1. The molecular weight excluding hydrogens is 250 g/mol. The Morgan fingerprint density at radius 1 is 1.25 bits per heavy atom. The average Bonchev–Trinajstić information content (AvgIpc) is 2.96. The predicted octanol–water partition coefficient (Wildman–Crippen LogP) is 3.65. The van der Waals surface area contributed by atoms with Crippen LogP contribution >= 0.6 is 0 Å². The molecular formula is C17H27NO2. The smallest absolute Gasteiger partial charge is 0.124 e. The summed E-state index contributed by atoms with van der Waals surface area (Å²) in [5.41, 5.74) is 2.44. The molecule has 1 fully saturated rings. The van der Waals surface area contributed by atoms with Crippen molar-refractivity contribution in [2.24, 2.45) is 0 Å². The molecule has 20 heavy (non-hydrogen) atoms. The number of nitrogens with one attached hydrogen (secondary N) is 1. The maximum atomic E-state index is 6.01. The van der Waals surface area contributed by atoms with Gasteiger partial charge in [0.1, 0.15) is 5.75 Å². The summed E-state index contributed by atoms with van der Waals surface area (Å²) in [6, 6.07) is 6.86. The second-order valence-electron chi connectivity index (χ2n) is 5.90. The predicted molar refractivity (Wildman–Crippen MR) is 82.0 cm³/mol. The second-order valence-corrected chi connectivity index (χ2v) is 5.90. The average molecular weight is 277 g/mol. The maximum Gasteiger partial charge on any atom is 0.124 e. The van der Waals surface area contributed by atoms with Crippen molar-refractivity contribution in [1.29, 1.82) is 0 Å². The fourth-order valence-corrected chi connectivity index (χ4v) is 2.64. The Balaban J connectivity index is 1.97. The number of hydrogen-bond acceptors (Lipinski definition) is 3. The van der Waals surface area contributed by atoms with Gasteiger partial charge in [0.15, 0.2) is 0 Å². The molecule has 1 aliphatic carbocycles. The minimum Gasteiger partial charge on any atom is -0.496 e. The van der Waals surface area contributed by atoms with Gasteiger partial charge in [0.2, 0.25) is 0 Å². The molecule has 0 atom stereocenters. The first-order valence-electron chi connectivity index (χ1n) is 7.70. The van der Waals surface area contributed by atoms with Gasteiger partial charge in [-0.1, -0.05) is 32.8 Å². The summed E-state index contributed by atoms with van der Waals surface area (Å²) in [4.78, 5) is 0. The van der Waals surface area contributed by atoms with Gasteiger partial charge >= 0.3 is 0 Å². The van der Waals surface area contributed by atoms with Gasteiger partial charge in [-0.05, 0) is 30.5 Å². The lowest BCUT2D eigenvalue weighted by atomic mass is 10.1. The van der Waals surface area contributed by atoms with E-state index in [0.717, 1.165) is 17.9 Å². The molecule has 0 amide bonds. The third kappa shape index (κ3) is 4.50. The Hall–Kier alpha value is -1.06. The van der Waals surface area contributed by atoms with Gasteiger partial charge in [-0.3, -0.25) is 0 Å². The number of methoxy groups -OCH3 is 1. The largest absolute Gasteiger partial charge is 0.496 e. The zero-order valence-electron chi connectivity index (χ0n) is 12.9. The minimum absolute atomic E-state index is 0.442. The molecule has 0 aromatic heterocycles. The van der Waals surface area contributed by atoms with Crippen LogP contribution in [0, 0.1) is 0 Å². The van der Waals surface area contributed by atoms with E-state index >= 15 is 0 Å². The summed E-state index contributed by atoms with van der Waals surface area (Å²) in [7, 11) is 1.72. The van der Waals surface area contributed by atoms with Crippen LogP contribution in [0.4, 0.5) is 0 Å². The number of ether oxygens (including phenoxy) is 2. The highest BCUT2D eigenvalue weighted by Crippen LogP contribution is 2.25. The lowest BCUT2D eigenvalue weighted by Crippen LogP contribution is -2.21. The van der Waals surface area contributed by atoms with Crippen LogP contribution in [0.1, 0.15) is 50.7 Å². The van der Waals surface area contributed by atoms with E-state index < -0.39 is 0 Å². The molecule has 2 rings (SSSR count). The van der Waals surface area contributed by atoms with Gasteiger partial charge in [0.25, 0.3) is 0 Å². The van der Waals surface area contributed by atoms with E-state index in [1.165, 1.54) is 31.2 Å². The van der Waals surface area contributed by atoms with Crippen LogP contribution in [-0.2, 0) is 17.9 Å². The van der Waals surface area contributed by atoms with Gasteiger partial charge in [-0.25, -0.2) is 0 Å². The summed E-state index contributed by atoms with van der Waals surface area (Å²) >= 11 is 0. The Morgan fingerprint density at radius 2 is 2.00 bits per heavy atom. The number of hydrogen-bond donors (Lipinski definition) is 1. The third-order valence-corrected chi connectivity index (χ3v) is 3.84. The molecule has 1 aromatic rings. The van der Waals surface area contributed by atoms with Gasteiger partial charge < -0.3 is 14.8 Å². The molecule has 1 aromatic carbocycles. The third-order valence-electron chi connectivity index (χ3n) is 3.84. The Morgan fingerprint density at radius 3 is 2.65 bits per heavy atom. The first-order chi connectivity index (χ1) is 9.69. The van der Waals surface area contributed by atoms with Crippen LogP contribution in [0.2, 0.25) is 0 Å². The molecule has 1 saturated carbocycles. The number of rotatable bonds is 7. The van der Waals surface area contributed by atoms with Crippen LogP contribution in [0.15, 0.2) is 18.2 Å². The summed E-state index contributed by atoms with van der Waals surface area (Å²) < 4.78 is 11.5. The molecule has 1 N–H and O–H groups in total. The van der Waals surface area contributed by atoms with Gasteiger partial charge in [-0.2, -0.15) is 0 Å². The quantitative estimate of drug-likeness (QED) is 0.825. The topological polar surface area (TPSA) is 30.5 Å². The summed E-state index contributed by atoms with van der Waals surface area (Å²) in [5.74, 6) is 0.927. The Kier molecular flexibility index (Phi) is 5.86. The molecule has 3 heteroatoms. The first kappa shape index (κ1) is 15.3. The van der Waals surface area contributed by atoms with Crippen molar-refractivity contribution in [1.82, 2.24) is 5.32 Å². The van der Waals surface area contributed by atoms with E-state index in [1.807, 2.05) is 6.07 Å². The summed E-state index contributed by atoms with van der Waals surface area (Å²) in [6.45, 7) is 5.86. The molecule has 0 spiro atoms. The van der Waals surface area contributed by atoms with Crippen molar-refractivity contribution in [2.75, 3.05) is 7.11 Å². The van der Waals surface area contributed by atoms with Crippen molar-refractivity contribution in [3.8, 4) is 5.75 Å². The zero-order valence-corrected chi connectivity index (χ0v) is 12.9. The van der Waals surface area contributed by atoms with Crippen LogP contribution in [-0.4, -0.2) is 19.3 Å². The van der Waals surface area contributed by atoms with Crippen LogP contribution < -0.4 is 10.1 Å². The maximum absolute atomic E-state index is 6.01. The van der Waals surface area contributed by atoms with Crippen molar-refractivity contribution >= 4 is 0 Å². The molecule has 0 bridgehead atoms. The monoisotopic (exact) mass is 277 g/mol.